The van der Waals surface area contributed by atoms with Gasteiger partial charge in [0, 0.05) is 18.0 Å². The van der Waals surface area contributed by atoms with Gasteiger partial charge in [-0.15, -0.1) is 5.10 Å². The molecule has 2 aromatic heterocycles. The lowest BCUT2D eigenvalue weighted by atomic mass is 10.2. The van der Waals surface area contributed by atoms with Crippen molar-refractivity contribution in [2.24, 2.45) is 0 Å². The predicted molar refractivity (Wildman–Crippen MR) is 97.5 cm³/mol. The summed E-state index contributed by atoms with van der Waals surface area (Å²) in [5.41, 5.74) is 2.31. The van der Waals surface area contributed by atoms with Gasteiger partial charge in [-0.2, -0.15) is 5.10 Å². The summed E-state index contributed by atoms with van der Waals surface area (Å²) in [4.78, 5) is 4.89. The summed E-state index contributed by atoms with van der Waals surface area (Å²) >= 11 is 0. The molecule has 0 radical (unpaired) electrons. The van der Waals surface area contributed by atoms with Gasteiger partial charge in [0.1, 0.15) is 5.69 Å². The van der Waals surface area contributed by atoms with Gasteiger partial charge in [-0.3, -0.25) is 5.10 Å². The molecule has 130 valence electrons. The standard InChI is InChI=1S/C18H15N5O2S/c1-26(24,25)15-9-7-14(8-10-15)23-18(16-11-12-19-21-16)20-17(22-23)13-5-3-2-4-6-13/h2-12H,1H3,(H,19,21). The number of sulfone groups is 1. The third-order valence-electron chi connectivity index (χ3n) is 3.89. The Morgan fingerprint density at radius 3 is 2.31 bits per heavy atom. The van der Waals surface area contributed by atoms with Crippen LogP contribution in [0.1, 0.15) is 0 Å². The SMILES string of the molecule is CS(=O)(=O)c1ccc(-n2nc(-c3ccccc3)nc2-c2ccn[nH]2)cc1. The molecular weight excluding hydrogens is 350 g/mol. The first kappa shape index (κ1) is 16.2. The highest BCUT2D eigenvalue weighted by atomic mass is 32.2. The van der Waals surface area contributed by atoms with Crippen molar-refractivity contribution in [3.05, 3.63) is 66.9 Å². The zero-order valence-corrected chi connectivity index (χ0v) is 14.7. The van der Waals surface area contributed by atoms with E-state index in [2.05, 4.69) is 20.3 Å². The van der Waals surface area contributed by atoms with Crippen LogP contribution in [0.5, 0.6) is 0 Å². The molecule has 7 nitrogen and oxygen atoms in total. The Morgan fingerprint density at radius 2 is 1.69 bits per heavy atom. The molecule has 0 aliphatic heterocycles. The van der Waals surface area contributed by atoms with Crippen molar-refractivity contribution in [3.63, 3.8) is 0 Å². The molecule has 0 aliphatic rings. The van der Waals surface area contributed by atoms with Gasteiger partial charge in [0.2, 0.25) is 0 Å². The van der Waals surface area contributed by atoms with Crippen LogP contribution in [-0.2, 0) is 9.84 Å². The van der Waals surface area contributed by atoms with Crippen LogP contribution in [0.4, 0.5) is 0 Å². The number of nitrogens with one attached hydrogen (secondary N) is 1. The molecule has 26 heavy (non-hydrogen) atoms. The van der Waals surface area contributed by atoms with E-state index in [1.54, 1.807) is 41.2 Å². The number of aromatic amines is 1. The van der Waals surface area contributed by atoms with Gasteiger partial charge < -0.3 is 0 Å². The van der Waals surface area contributed by atoms with Gasteiger partial charge in [0.05, 0.1) is 10.6 Å². The van der Waals surface area contributed by atoms with Crippen molar-refractivity contribution in [1.82, 2.24) is 25.0 Å². The van der Waals surface area contributed by atoms with Crippen LogP contribution in [0.25, 0.3) is 28.6 Å². The van der Waals surface area contributed by atoms with E-state index in [9.17, 15) is 8.42 Å². The van der Waals surface area contributed by atoms with Crippen LogP contribution in [-0.4, -0.2) is 39.6 Å². The minimum absolute atomic E-state index is 0.257. The van der Waals surface area contributed by atoms with Gasteiger partial charge in [0.15, 0.2) is 21.5 Å². The number of benzene rings is 2. The number of H-pyrrole nitrogens is 1. The fourth-order valence-corrected chi connectivity index (χ4v) is 3.22. The average molecular weight is 365 g/mol. The molecule has 4 aromatic rings. The van der Waals surface area contributed by atoms with Crippen LogP contribution in [0.2, 0.25) is 0 Å². The van der Waals surface area contributed by atoms with Crippen LogP contribution in [0.3, 0.4) is 0 Å². The van der Waals surface area contributed by atoms with E-state index in [0.29, 0.717) is 23.0 Å². The predicted octanol–water partition coefficient (Wildman–Crippen LogP) is 2.73. The van der Waals surface area contributed by atoms with Crippen molar-refractivity contribution in [2.45, 2.75) is 4.90 Å². The summed E-state index contributed by atoms with van der Waals surface area (Å²) < 4.78 is 25.0. The molecule has 0 amide bonds. The Labute approximate surface area is 150 Å². The third kappa shape index (κ3) is 3.02. The highest BCUT2D eigenvalue weighted by Crippen LogP contribution is 2.24. The molecule has 0 saturated carbocycles. The first-order valence-electron chi connectivity index (χ1n) is 7.85. The molecule has 0 aliphatic carbocycles. The van der Waals surface area contributed by atoms with Gasteiger partial charge in [-0.25, -0.2) is 18.1 Å². The van der Waals surface area contributed by atoms with Crippen molar-refractivity contribution in [2.75, 3.05) is 6.26 Å². The summed E-state index contributed by atoms with van der Waals surface area (Å²) in [6.07, 6.45) is 2.82. The van der Waals surface area contributed by atoms with Gasteiger partial charge in [0.25, 0.3) is 0 Å². The molecule has 0 bridgehead atoms. The zero-order valence-electron chi connectivity index (χ0n) is 13.9. The number of hydrogen-bond donors (Lipinski definition) is 1. The number of rotatable bonds is 4. The molecule has 0 unspecified atom stereocenters. The summed E-state index contributed by atoms with van der Waals surface area (Å²) in [5, 5.41) is 11.5. The van der Waals surface area contributed by atoms with Crippen molar-refractivity contribution in [3.8, 4) is 28.6 Å². The van der Waals surface area contributed by atoms with E-state index >= 15 is 0 Å². The summed E-state index contributed by atoms with van der Waals surface area (Å²) in [7, 11) is -3.25. The van der Waals surface area contributed by atoms with Crippen LogP contribution < -0.4 is 0 Å². The van der Waals surface area contributed by atoms with Crippen molar-refractivity contribution < 1.29 is 8.42 Å². The van der Waals surface area contributed by atoms with E-state index < -0.39 is 9.84 Å². The highest BCUT2D eigenvalue weighted by Gasteiger charge is 2.16. The Balaban J connectivity index is 1.86. The molecule has 8 heteroatoms. The number of nitrogens with zero attached hydrogens (tertiary/aromatic N) is 4. The Kier molecular flexibility index (Phi) is 3.89. The van der Waals surface area contributed by atoms with Gasteiger partial charge in [-0.1, -0.05) is 30.3 Å². The normalized spacial score (nSPS) is 11.6. The lowest BCUT2D eigenvalue weighted by Crippen LogP contribution is -2.02. The molecule has 0 spiro atoms. The van der Waals surface area contributed by atoms with Gasteiger partial charge >= 0.3 is 0 Å². The maximum atomic E-state index is 11.7. The summed E-state index contributed by atoms with van der Waals surface area (Å²) in [6.45, 7) is 0. The maximum absolute atomic E-state index is 11.7. The Bertz CT molecular complexity index is 1130. The van der Waals surface area contributed by atoms with E-state index in [4.69, 9.17) is 0 Å². The molecule has 0 fully saturated rings. The second kappa shape index (κ2) is 6.23. The molecule has 2 heterocycles. The fraction of sp³-hybridized carbons (Fsp3) is 0.0556. The maximum Gasteiger partial charge on any atom is 0.182 e. The summed E-state index contributed by atoms with van der Waals surface area (Å²) in [6, 6.07) is 18.0. The number of aromatic nitrogens is 5. The lowest BCUT2D eigenvalue weighted by Gasteiger charge is -2.05. The van der Waals surface area contributed by atoms with E-state index in [1.165, 1.54) is 6.26 Å². The molecular formula is C18H15N5O2S. The highest BCUT2D eigenvalue weighted by molar-refractivity contribution is 7.90. The van der Waals surface area contributed by atoms with Crippen LogP contribution >= 0.6 is 0 Å². The molecule has 0 atom stereocenters. The third-order valence-corrected chi connectivity index (χ3v) is 5.02. The van der Waals surface area contributed by atoms with E-state index in [1.807, 2.05) is 30.3 Å². The first-order chi connectivity index (χ1) is 12.5. The van der Waals surface area contributed by atoms with Crippen LogP contribution in [0, 0.1) is 0 Å². The largest absolute Gasteiger partial charge is 0.275 e. The summed E-state index contributed by atoms with van der Waals surface area (Å²) in [5.74, 6) is 1.16. The smallest absolute Gasteiger partial charge is 0.182 e. The minimum Gasteiger partial charge on any atom is -0.275 e. The van der Waals surface area contributed by atoms with Gasteiger partial charge in [-0.05, 0) is 30.3 Å². The second-order valence-electron chi connectivity index (χ2n) is 5.77. The monoisotopic (exact) mass is 365 g/mol. The van der Waals surface area contributed by atoms with Crippen LogP contribution in [0.15, 0.2) is 71.8 Å². The van der Waals surface area contributed by atoms with E-state index in [0.717, 1.165) is 5.56 Å². The topological polar surface area (TPSA) is 93.5 Å². The Hall–Kier alpha value is -3.26. The molecule has 2 aromatic carbocycles. The fourth-order valence-electron chi connectivity index (χ4n) is 2.59. The molecule has 0 saturated heterocycles. The second-order valence-corrected chi connectivity index (χ2v) is 7.79. The van der Waals surface area contributed by atoms with E-state index in [-0.39, 0.29) is 4.90 Å². The minimum atomic E-state index is -3.25. The molecule has 1 N–H and O–H groups in total. The zero-order chi connectivity index (χ0) is 18.1. The average Bonchev–Trinajstić information content (AvgIpc) is 3.31. The lowest BCUT2D eigenvalue weighted by molar-refractivity contribution is 0.602. The quantitative estimate of drug-likeness (QED) is 0.600. The number of hydrogen-bond acceptors (Lipinski definition) is 5. The first-order valence-corrected chi connectivity index (χ1v) is 9.74. The Morgan fingerprint density at radius 1 is 0.962 bits per heavy atom. The molecule has 4 rings (SSSR count). The van der Waals surface area contributed by atoms with Crippen molar-refractivity contribution in [1.29, 1.82) is 0 Å². The van der Waals surface area contributed by atoms with Crippen molar-refractivity contribution >= 4 is 9.84 Å².